The van der Waals surface area contributed by atoms with Gasteiger partial charge in [0.25, 0.3) is 5.60 Å². The van der Waals surface area contributed by atoms with Crippen LogP contribution in [0, 0.1) is 0 Å². The molecule has 1 fully saturated rings. The van der Waals surface area contributed by atoms with Crippen LogP contribution in [0.3, 0.4) is 0 Å². The van der Waals surface area contributed by atoms with Gasteiger partial charge in [0.15, 0.2) is 0 Å². The van der Waals surface area contributed by atoms with Gasteiger partial charge in [-0.1, -0.05) is 40.2 Å². The highest BCUT2D eigenvalue weighted by atomic mass is 79.9. The molecule has 1 N–H and O–H groups in total. The molecule has 0 aromatic heterocycles. The molecule has 146 valence electrons. The molecule has 1 saturated heterocycles. The van der Waals surface area contributed by atoms with Gasteiger partial charge in [0.05, 0.1) is 16.1 Å². The molecule has 1 aliphatic rings. The van der Waals surface area contributed by atoms with Crippen molar-refractivity contribution >= 4 is 43.9 Å². The maximum atomic E-state index is 12.5. The lowest BCUT2D eigenvalue weighted by Crippen LogP contribution is -2.53. The number of aliphatic hydroxyl groups is 1. The number of rotatable bonds is 2. The fourth-order valence-corrected chi connectivity index (χ4v) is 2.62. The van der Waals surface area contributed by atoms with Gasteiger partial charge in [-0.2, -0.15) is 26.3 Å². The number of alkyl halides is 7. The summed E-state index contributed by atoms with van der Waals surface area (Å²) in [5.74, 6) is -0.287. The summed E-state index contributed by atoms with van der Waals surface area (Å²) < 4.78 is 76.2. The zero-order valence-corrected chi connectivity index (χ0v) is 15.8. The van der Waals surface area contributed by atoms with Crippen molar-refractivity contribution in [2.24, 2.45) is 0 Å². The third-order valence-electron chi connectivity index (χ3n) is 3.31. The van der Waals surface area contributed by atoms with Crippen LogP contribution in [-0.4, -0.2) is 33.2 Å². The topological polar surface area (TPSA) is 57.6 Å². The number of carbonyl (C=O) groups is 2. The number of halogens is 8. The Labute approximate surface area is 160 Å². The Hall–Kier alpha value is -1.14. The molecule has 0 aliphatic carbocycles. The summed E-state index contributed by atoms with van der Waals surface area (Å²) in [7, 11) is 0. The summed E-state index contributed by atoms with van der Waals surface area (Å²) in [6.45, 7) is 0. The summed E-state index contributed by atoms with van der Waals surface area (Å²) >= 11 is 5.72. The van der Waals surface area contributed by atoms with Crippen molar-refractivity contribution in [3.63, 3.8) is 0 Å². The Morgan fingerprint density at radius 1 is 1.00 bits per heavy atom. The SMILES string of the molecule is O=C1CCC(=O)N1Br.OC(c1cccc(CBr)c1)(C(F)(F)F)C(F)(F)F. The molecule has 0 bridgehead atoms. The van der Waals surface area contributed by atoms with Crippen LogP contribution in [-0.2, 0) is 20.5 Å². The minimum atomic E-state index is -5.85. The average Bonchev–Trinajstić information content (AvgIpc) is 2.83. The number of carbonyl (C=O) groups excluding carboxylic acids is 2. The summed E-state index contributed by atoms with van der Waals surface area (Å²) in [5, 5.41) is 9.19. The largest absolute Gasteiger partial charge is 0.430 e. The van der Waals surface area contributed by atoms with Crippen molar-refractivity contribution in [2.75, 3.05) is 0 Å². The number of hydrogen-bond donors (Lipinski definition) is 1. The van der Waals surface area contributed by atoms with E-state index in [1.54, 1.807) is 0 Å². The molecule has 1 aromatic rings. The molecule has 1 aliphatic heterocycles. The van der Waals surface area contributed by atoms with Crippen LogP contribution in [0.2, 0.25) is 0 Å². The van der Waals surface area contributed by atoms with Crippen LogP contribution < -0.4 is 0 Å². The lowest BCUT2D eigenvalue weighted by molar-refractivity contribution is -0.376. The Balaban J connectivity index is 0.000000350. The van der Waals surface area contributed by atoms with Crippen LogP contribution in [0.5, 0.6) is 0 Å². The van der Waals surface area contributed by atoms with E-state index in [1.165, 1.54) is 6.07 Å². The van der Waals surface area contributed by atoms with Crippen LogP contribution in [0.25, 0.3) is 0 Å². The molecular weight excluding hydrogens is 504 g/mol. The van der Waals surface area contributed by atoms with Crippen LogP contribution in [0.4, 0.5) is 26.3 Å². The first-order chi connectivity index (χ1) is 11.8. The molecular formula is C14H11Br2F6NO3. The number of amides is 2. The van der Waals surface area contributed by atoms with Gasteiger partial charge >= 0.3 is 12.4 Å². The molecule has 4 nitrogen and oxygen atoms in total. The zero-order chi connectivity index (χ0) is 20.3. The summed E-state index contributed by atoms with van der Waals surface area (Å²) in [6.07, 6.45) is -11.0. The van der Waals surface area contributed by atoms with Crippen molar-refractivity contribution in [3.8, 4) is 0 Å². The van der Waals surface area contributed by atoms with E-state index in [2.05, 4.69) is 32.1 Å². The van der Waals surface area contributed by atoms with E-state index in [9.17, 15) is 35.9 Å². The van der Waals surface area contributed by atoms with E-state index in [1.807, 2.05) is 0 Å². The van der Waals surface area contributed by atoms with Gasteiger partial charge in [0, 0.05) is 23.7 Å². The molecule has 1 heterocycles. The third-order valence-corrected chi connectivity index (χ3v) is 4.75. The Bertz CT molecular complexity index is 647. The van der Waals surface area contributed by atoms with Gasteiger partial charge in [0.1, 0.15) is 0 Å². The fourth-order valence-electron chi connectivity index (χ4n) is 1.92. The molecule has 12 heteroatoms. The Morgan fingerprint density at radius 3 is 1.77 bits per heavy atom. The van der Waals surface area contributed by atoms with Gasteiger partial charge in [-0.3, -0.25) is 9.59 Å². The minimum absolute atomic E-state index is 0.0760. The van der Waals surface area contributed by atoms with Crippen LogP contribution >= 0.6 is 32.1 Å². The van der Waals surface area contributed by atoms with Gasteiger partial charge < -0.3 is 5.11 Å². The second-order valence-corrected chi connectivity index (χ2v) is 6.38. The van der Waals surface area contributed by atoms with Crippen molar-refractivity contribution in [1.29, 1.82) is 0 Å². The van der Waals surface area contributed by atoms with Gasteiger partial charge in [-0.15, -0.1) is 0 Å². The van der Waals surface area contributed by atoms with Crippen molar-refractivity contribution in [1.82, 2.24) is 3.93 Å². The van der Waals surface area contributed by atoms with Crippen LogP contribution in [0.15, 0.2) is 24.3 Å². The minimum Gasteiger partial charge on any atom is -0.369 e. The number of imide groups is 1. The molecule has 0 saturated carbocycles. The van der Waals surface area contributed by atoms with E-state index in [0.717, 1.165) is 9.99 Å². The molecule has 1 aromatic carbocycles. The predicted octanol–water partition coefficient (Wildman–Crippen LogP) is 4.34. The fraction of sp³-hybridized carbons (Fsp3) is 0.429. The highest BCUT2D eigenvalue weighted by Gasteiger charge is 2.71. The first kappa shape index (κ1) is 22.9. The van der Waals surface area contributed by atoms with Gasteiger partial charge in [-0.25, -0.2) is 3.93 Å². The lowest BCUT2D eigenvalue weighted by atomic mass is 9.91. The molecule has 0 spiro atoms. The summed E-state index contributed by atoms with van der Waals surface area (Å²) in [4.78, 5) is 20.9. The maximum Gasteiger partial charge on any atom is 0.430 e. The molecule has 0 unspecified atom stereocenters. The number of benzene rings is 1. The number of nitrogens with zero attached hydrogens (tertiary/aromatic N) is 1. The maximum absolute atomic E-state index is 12.5. The first-order valence-electron chi connectivity index (χ1n) is 6.78. The van der Waals surface area contributed by atoms with E-state index in [4.69, 9.17) is 5.11 Å². The highest BCUT2D eigenvalue weighted by Crippen LogP contribution is 2.50. The molecule has 0 radical (unpaired) electrons. The van der Waals surface area contributed by atoms with Crippen molar-refractivity contribution < 1.29 is 41.0 Å². The van der Waals surface area contributed by atoms with Crippen molar-refractivity contribution in [2.45, 2.75) is 36.1 Å². The van der Waals surface area contributed by atoms with E-state index >= 15 is 0 Å². The number of hydrogen-bond acceptors (Lipinski definition) is 3. The second-order valence-electron chi connectivity index (χ2n) is 5.11. The van der Waals surface area contributed by atoms with Crippen LogP contribution in [0.1, 0.15) is 24.0 Å². The molecule has 26 heavy (non-hydrogen) atoms. The monoisotopic (exact) mass is 513 g/mol. The Kier molecular flexibility index (Phi) is 7.27. The highest BCUT2D eigenvalue weighted by molar-refractivity contribution is 9.08. The lowest BCUT2D eigenvalue weighted by Gasteiger charge is -2.32. The summed E-state index contributed by atoms with van der Waals surface area (Å²) in [6, 6.07) is 3.61. The standard InChI is InChI=1S/C10H7BrF6O.C4H4BrNO2/c11-5-6-2-1-3-7(4-6)8(18,9(12,13)14)10(15,16)17;5-6-3(7)1-2-4(6)8/h1-4,18H,5H2;1-2H2. The first-order valence-corrected chi connectivity index (χ1v) is 8.61. The second kappa shape index (κ2) is 8.26. The van der Waals surface area contributed by atoms with Gasteiger partial charge in [-0.05, 0) is 5.56 Å². The molecule has 2 amide bonds. The van der Waals surface area contributed by atoms with Gasteiger partial charge in [0.2, 0.25) is 11.8 Å². The zero-order valence-electron chi connectivity index (χ0n) is 12.7. The molecule has 2 rings (SSSR count). The van der Waals surface area contributed by atoms with Crippen molar-refractivity contribution in [3.05, 3.63) is 35.4 Å². The molecule has 0 atom stereocenters. The average molecular weight is 515 g/mol. The third kappa shape index (κ3) is 4.77. The quantitative estimate of drug-likeness (QED) is 0.276. The van der Waals surface area contributed by atoms with E-state index in [0.29, 0.717) is 25.0 Å². The summed E-state index contributed by atoms with van der Waals surface area (Å²) in [5.41, 5.74) is -5.92. The van der Waals surface area contributed by atoms with E-state index in [-0.39, 0.29) is 22.7 Å². The normalized spacial score (nSPS) is 15.8. The Morgan fingerprint density at radius 2 is 1.46 bits per heavy atom. The van der Waals surface area contributed by atoms with E-state index < -0.39 is 23.5 Å². The predicted molar refractivity (Wildman–Crippen MR) is 85.1 cm³/mol. The smallest absolute Gasteiger partial charge is 0.369 e.